The monoisotopic (exact) mass is 256 g/mol. The molecule has 0 unspecified atom stereocenters. The number of hydrogen-bond acceptors (Lipinski definition) is 3. The maximum Gasteiger partial charge on any atom is 0.260 e. The van der Waals surface area contributed by atoms with Crippen LogP contribution in [0.3, 0.4) is 0 Å². The van der Waals surface area contributed by atoms with E-state index in [4.69, 9.17) is 16.3 Å². The van der Waals surface area contributed by atoms with E-state index in [1.807, 2.05) is 19.2 Å². The fraction of sp³-hybridized carbons (Fsp3) is 0.417. The molecule has 0 heterocycles. The summed E-state index contributed by atoms with van der Waals surface area (Å²) in [5.41, 5.74) is 0. The van der Waals surface area contributed by atoms with Gasteiger partial charge in [-0.25, -0.2) is 0 Å². The molecule has 1 aromatic carbocycles. The number of carbonyl (C=O) groups excluding carboxylic acids is 1. The lowest BCUT2D eigenvalue weighted by Gasteiger charge is -2.17. The summed E-state index contributed by atoms with van der Waals surface area (Å²) in [4.78, 5) is 13.3. The Morgan fingerprint density at radius 3 is 2.82 bits per heavy atom. The first-order valence-corrected chi connectivity index (χ1v) is 5.79. The van der Waals surface area contributed by atoms with Gasteiger partial charge in [0, 0.05) is 20.1 Å². The molecule has 0 radical (unpaired) electrons. The molecule has 0 aliphatic rings. The highest BCUT2D eigenvalue weighted by atomic mass is 35.5. The molecule has 17 heavy (non-hydrogen) atoms. The van der Waals surface area contributed by atoms with Crippen LogP contribution in [0.2, 0.25) is 5.02 Å². The molecule has 4 nitrogen and oxygen atoms in total. The lowest BCUT2D eigenvalue weighted by Crippen LogP contribution is -2.35. The maximum absolute atomic E-state index is 11.7. The molecule has 0 aliphatic carbocycles. The molecule has 0 aliphatic heterocycles. The summed E-state index contributed by atoms with van der Waals surface area (Å²) in [6.45, 7) is 1.42. The molecule has 0 saturated heterocycles. The number of nitrogens with zero attached hydrogens (tertiary/aromatic N) is 1. The highest BCUT2D eigenvalue weighted by Crippen LogP contribution is 2.22. The van der Waals surface area contributed by atoms with Crippen LogP contribution in [-0.2, 0) is 4.79 Å². The van der Waals surface area contributed by atoms with Crippen LogP contribution in [0.4, 0.5) is 0 Å². The summed E-state index contributed by atoms with van der Waals surface area (Å²) >= 11 is 5.91. The zero-order valence-electron chi connectivity index (χ0n) is 10.1. The molecule has 1 aromatic rings. The predicted octanol–water partition coefficient (Wildman–Crippen LogP) is 1.40. The van der Waals surface area contributed by atoms with Crippen molar-refractivity contribution in [3.05, 3.63) is 29.3 Å². The highest BCUT2D eigenvalue weighted by molar-refractivity contribution is 6.32. The van der Waals surface area contributed by atoms with E-state index < -0.39 is 0 Å². The van der Waals surface area contributed by atoms with Crippen molar-refractivity contribution in [2.45, 2.75) is 0 Å². The molecule has 1 N–H and O–H groups in total. The predicted molar refractivity (Wildman–Crippen MR) is 68.5 cm³/mol. The molecule has 5 heteroatoms. The third-order valence-corrected chi connectivity index (χ3v) is 2.62. The summed E-state index contributed by atoms with van der Waals surface area (Å²) in [5, 5.41) is 3.49. The molecule has 0 atom stereocenters. The largest absolute Gasteiger partial charge is 0.482 e. The van der Waals surface area contributed by atoms with E-state index in [0.29, 0.717) is 17.3 Å². The van der Waals surface area contributed by atoms with E-state index in [2.05, 4.69) is 5.32 Å². The summed E-state index contributed by atoms with van der Waals surface area (Å²) in [7, 11) is 3.59. The molecular weight excluding hydrogens is 240 g/mol. The minimum absolute atomic E-state index is 0.00392. The molecule has 0 fully saturated rings. The van der Waals surface area contributed by atoms with Crippen molar-refractivity contribution >= 4 is 17.5 Å². The number of nitrogens with one attached hydrogen (secondary N) is 1. The zero-order valence-corrected chi connectivity index (χ0v) is 10.8. The Labute approximate surface area is 107 Å². The van der Waals surface area contributed by atoms with E-state index in [-0.39, 0.29) is 12.5 Å². The number of rotatable bonds is 6. The number of para-hydroxylation sites is 1. The number of hydrogen-bond donors (Lipinski definition) is 1. The average molecular weight is 257 g/mol. The van der Waals surface area contributed by atoms with Crippen molar-refractivity contribution in [1.82, 2.24) is 10.2 Å². The summed E-state index contributed by atoms with van der Waals surface area (Å²) in [6.07, 6.45) is 0. The van der Waals surface area contributed by atoms with Crippen LogP contribution >= 0.6 is 11.6 Å². The second-order valence-corrected chi connectivity index (χ2v) is 4.05. The van der Waals surface area contributed by atoms with Gasteiger partial charge in [-0.15, -0.1) is 0 Å². The van der Waals surface area contributed by atoms with Gasteiger partial charge in [-0.2, -0.15) is 0 Å². The van der Waals surface area contributed by atoms with Gasteiger partial charge in [-0.1, -0.05) is 23.7 Å². The lowest BCUT2D eigenvalue weighted by molar-refractivity contribution is -0.131. The number of benzene rings is 1. The number of ether oxygens (including phenoxy) is 1. The van der Waals surface area contributed by atoms with Crippen LogP contribution in [0.25, 0.3) is 0 Å². The van der Waals surface area contributed by atoms with Gasteiger partial charge in [-0.3, -0.25) is 4.79 Å². The van der Waals surface area contributed by atoms with E-state index in [0.717, 1.165) is 6.54 Å². The van der Waals surface area contributed by atoms with Gasteiger partial charge >= 0.3 is 0 Å². The van der Waals surface area contributed by atoms with Gasteiger partial charge < -0.3 is 15.0 Å². The molecule has 0 bridgehead atoms. The first kappa shape index (κ1) is 13.8. The van der Waals surface area contributed by atoms with Crippen molar-refractivity contribution in [3.8, 4) is 5.75 Å². The number of amides is 1. The van der Waals surface area contributed by atoms with E-state index in [9.17, 15) is 4.79 Å². The SMILES string of the molecule is CNCCN(C)C(=O)COc1ccccc1Cl. The Morgan fingerprint density at radius 2 is 2.18 bits per heavy atom. The van der Waals surface area contributed by atoms with Crippen LogP contribution in [0, 0.1) is 0 Å². The smallest absolute Gasteiger partial charge is 0.260 e. The topological polar surface area (TPSA) is 41.6 Å². The molecule has 1 rings (SSSR count). The van der Waals surface area contributed by atoms with Crippen molar-refractivity contribution in [1.29, 1.82) is 0 Å². The summed E-state index contributed by atoms with van der Waals surface area (Å²) in [5.74, 6) is 0.463. The minimum Gasteiger partial charge on any atom is -0.482 e. The van der Waals surface area contributed by atoms with E-state index >= 15 is 0 Å². The lowest BCUT2D eigenvalue weighted by atomic mass is 10.3. The van der Waals surface area contributed by atoms with Crippen LogP contribution in [-0.4, -0.2) is 44.6 Å². The van der Waals surface area contributed by atoms with Gasteiger partial charge in [-0.05, 0) is 19.2 Å². The first-order chi connectivity index (χ1) is 8.15. The van der Waals surface area contributed by atoms with Gasteiger partial charge in [0.1, 0.15) is 5.75 Å². The number of halogens is 1. The van der Waals surface area contributed by atoms with E-state index in [1.165, 1.54) is 0 Å². The van der Waals surface area contributed by atoms with Crippen LogP contribution < -0.4 is 10.1 Å². The maximum atomic E-state index is 11.7. The van der Waals surface area contributed by atoms with Crippen LogP contribution in [0.15, 0.2) is 24.3 Å². The van der Waals surface area contributed by atoms with Crippen molar-refractivity contribution in [3.63, 3.8) is 0 Å². The van der Waals surface area contributed by atoms with Gasteiger partial charge in [0.2, 0.25) is 0 Å². The van der Waals surface area contributed by atoms with Crippen molar-refractivity contribution in [2.75, 3.05) is 33.8 Å². The van der Waals surface area contributed by atoms with Gasteiger partial charge in [0.15, 0.2) is 6.61 Å². The van der Waals surface area contributed by atoms with Crippen LogP contribution in [0.5, 0.6) is 5.75 Å². The second kappa shape index (κ2) is 7.14. The number of carbonyl (C=O) groups is 1. The molecule has 94 valence electrons. The van der Waals surface area contributed by atoms with Crippen molar-refractivity contribution < 1.29 is 9.53 Å². The van der Waals surface area contributed by atoms with Crippen molar-refractivity contribution in [2.24, 2.45) is 0 Å². The molecule has 0 aromatic heterocycles. The van der Waals surface area contributed by atoms with Gasteiger partial charge in [0.25, 0.3) is 5.91 Å². The second-order valence-electron chi connectivity index (χ2n) is 3.64. The Balaban J connectivity index is 2.40. The quantitative estimate of drug-likeness (QED) is 0.837. The molecular formula is C12H17ClN2O2. The summed E-state index contributed by atoms with van der Waals surface area (Å²) < 4.78 is 5.36. The minimum atomic E-state index is -0.0693. The normalized spacial score (nSPS) is 10.1. The average Bonchev–Trinajstić information content (AvgIpc) is 2.34. The fourth-order valence-corrected chi connectivity index (χ4v) is 1.41. The molecule has 0 saturated carbocycles. The third-order valence-electron chi connectivity index (χ3n) is 2.31. The highest BCUT2D eigenvalue weighted by Gasteiger charge is 2.09. The Hall–Kier alpha value is -1.26. The third kappa shape index (κ3) is 4.63. The Kier molecular flexibility index (Phi) is 5.80. The first-order valence-electron chi connectivity index (χ1n) is 5.41. The fourth-order valence-electron chi connectivity index (χ4n) is 1.22. The molecule has 0 spiro atoms. The molecule has 1 amide bonds. The Bertz CT molecular complexity index is 371. The van der Waals surface area contributed by atoms with E-state index in [1.54, 1.807) is 24.1 Å². The Morgan fingerprint density at radius 1 is 1.47 bits per heavy atom. The zero-order chi connectivity index (χ0) is 12.7. The standard InChI is InChI=1S/C12H17ClN2O2/c1-14-7-8-15(2)12(16)9-17-11-6-4-3-5-10(11)13/h3-6,14H,7-9H2,1-2H3. The van der Waals surface area contributed by atoms with Gasteiger partial charge in [0.05, 0.1) is 5.02 Å². The summed E-state index contributed by atoms with van der Waals surface area (Å²) in [6, 6.07) is 7.10. The number of likely N-dealkylation sites (N-methyl/N-ethyl adjacent to an activating group) is 2. The van der Waals surface area contributed by atoms with Crippen LogP contribution in [0.1, 0.15) is 0 Å².